The molecule has 17 heavy (non-hydrogen) atoms. The van der Waals surface area contributed by atoms with Gasteiger partial charge in [-0.3, -0.25) is 9.59 Å². The van der Waals surface area contributed by atoms with E-state index in [1.807, 2.05) is 0 Å². The van der Waals surface area contributed by atoms with E-state index in [4.69, 9.17) is 14.2 Å². The van der Waals surface area contributed by atoms with Crippen molar-refractivity contribution in [2.45, 2.75) is 13.8 Å². The van der Waals surface area contributed by atoms with Crippen LogP contribution in [-0.2, 0) is 4.79 Å². The summed E-state index contributed by atoms with van der Waals surface area (Å²) >= 11 is 0. The summed E-state index contributed by atoms with van der Waals surface area (Å²) in [5.41, 5.74) is 0.872. The van der Waals surface area contributed by atoms with Crippen LogP contribution < -0.4 is 14.2 Å². The Bertz CT molecular complexity index is 451. The van der Waals surface area contributed by atoms with Crippen molar-refractivity contribution < 1.29 is 23.8 Å². The molecule has 0 spiro atoms. The SMILES string of the molecule is COc1cc(C=O)c(OC(C)=O)c(OC)c1C. The van der Waals surface area contributed by atoms with Gasteiger partial charge in [-0.25, -0.2) is 0 Å². The number of carbonyl (C=O) groups is 2. The minimum Gasteiger partial charge on any atom is -0.496 e. The molecule has 92 valence electrons. The van der Waals surface area contributed by atoms with E-state index in [0.29, 0.717) is 23.3 Å². The third-order valence-electron chi connectivity index (χ3n) is 2.26. The highest BCUT2D eigenvalue weighted by Gasteiger charge is 2.19. The summed E-state index contributed by atoms with van der Waals surface area (Å²) in [6, 6.07) is 1.50. The monoisotopic (exact) mass is 238 g/mol. The fourth-order valence-electron chi connectivity index (χ4n) is 1.52. The van der Waals surface area contributed by atoms with Gasteiger partial charge in [0.15, 0.2) is 17.8 Å². The highest BCUT2D eigenvalue weighted by Crippen LogP contribution is 2.39. The Kier molecular flexibility index (Phi) is 4.09. The quantitative estimate of drug-likeness (QED) is 0.454. The molecular formula is C12H14O5. The first-order valence-corrected chi connectivity index (χ1v) is 4.94. The zero-order chi connectivity index (χ0) is 13.0. The number of benzene rings is 1. The Balaban J connectivity index is 3.48. The van der Waals surface area contributed by atoms with Gasteiger partial charge in [0.05, 0.1) is 19.8 Å². The van der Waals surface area contributed by atoms with Crippen LogP contribution in [0.15, 0.2) is 6.07 Å². The van der Waals surface area contributed by atoms with E-state index in [0.717, 1.165) is 0 Å². The second kappa shape index (κ2) is 5.34. The minimum absolute atomic E-state index is 0.119. The first kappa shape index (κ1) is 13.0. The predicted molar refractivity (Wildman–Crippen MR) is 61.0 cm³/mol. The first-order valence-electron chi connectivity index (χ1n) is 4.94. The molecule has 0 aromatic heterocycles. The lowest BCUT2D eigenvalue weighted by molar-refractivity contribution is -0.132. The number of ether oxygens (including phenoxy) is 3. The van der Waals surface area contributed by atoms with Crippen molar-refractivity contribution in [3.05, 3.63) is 17.2 Å². The van der Waals surface area contributed by atoms with Crippen molar-refractivity contribution in [1.82, 2.24) is 0 Å². The van der Waals surface area contributed by atoms with Gasteiger partial charge in [-0.2, -0.15) is 0 Å². The van der Waals surface area contributed by atoms with Crippen molar-refractivity contribution in [1.29, 1.82) is 0 Å². The molecule has 1 aromatic rings. The molecular weight excluding hydrogens is 224 g/mol. The molecule has 0 unspecified atom stereocenters. The second-order valence-corrected chi connectivity index (χ2v) is 3.37. The normalized spacial score (nSPS) is 9.65. The molecule has 0 aliphatic heterocycles. The first-order chi connectivity index (χ1) is 8.04. The summed E-state index contributed by atoms with van der Waals surface area (Å²) < 4.78 is 15.2. The molecule has 0 radical (unpaired) electrons. The Morgan fingerprint density at radius 2 is 1.88 bits per heavy atom. The topological polar surface area (TPSA) is 61.8 Å². The number of hydrogen-bond acceptors (Lipinski definition) is 5. The molecule has 1 rings (SSSR count). The van der Waals surface area contributed by atoms with Gasteiger partial charge in [-0.05, 0) is 13.0 Å². The fraction of sp³-hybridized carbons (Fsp3) is 0.333. The average molecular weight is 238 g/mol. The van der Waals surface area contributed by atoms with E-state index in [2.05, 4.69) is 0 Å². The maximum absolute atomic E-state index is 11.0. The van der Waals surface area contributed by atoms with Gasteiger partial charge in [0, 0.05) is 12.5 Å². The third kappa shape index (κ3) is 2.55. The van der Waals surface area contributed by atoms with Crippen molar-refractivity contribution in [3.63, 3.8) is 0 Å². The average Bonchev–Trinajstić information content (AvgIpc) is 2.29. The van der Waals surface area contributed by atoms with Gasteiger partial charge < -0.3 is 14.2 Å². The molecule has 0 amide bonds. The molecule has 0 bridgehead atoms. The zero-order valence-corrected chi connectivity index (χ0v) is 10.2. The van der Waals surface area contributed by atoms with Crippen LogP contribution in [0.3, 0.4) is 0 Å². The molecule has 0 N–H and O–H groups in total. The van der Waals surface area contributed by atoms with Crippen LogP contribution in [0.5, 0.6) is 17.2 Å². The standard InChI is InChI=1S/C12H14O5/c1-7-10(15-3)5-9(6-13)12(11(7)16-4)17-8(2)14/h5-6H,1-4H3. The van der Waals surface area contributed by atoms with E-state index in [1.54, 1.807) is 6.92 Å². The molecule has 0 saturated heterocycles. The van der Waals surface area contributed by atoms with Gasteiger partial charge in [0.2, 0.25) is 0 Å². The smallest absolute Gasteiger partial charge is 0.308 e. The highest BCUT2D eigenvalue weighted by atomic mass is 16.6. The largest absolute Gasteiger partial charge is 0.496 e. The van der Waals surface area contributed by atoms with E-state index in [-0.39, 0.29) is 11.3 Å². The summed E-state index contributed by atoms with van der Waals surface area (Å²) in [6.45, 7) is 3.01. The molecule has 5 heteroatoms. The van der Waals surface area contributed by atoms with Crippen LogP contribution >= 0.6 is 0 Å². The van der Waals surface area contributed by atoms with Gasteiger partial charge in [-0.15, -0.1) is 0 Å². The molecule has 0 heterocycles. The Morgan fingerprint density at radius 3 is 2.29 bits per heavy atom. The lowest BCUT2D eigenvalue weighted by Gasteiger charge is -2.15. The molecule has 0 atom stereocenters. The lowest BCUT2D eigenvalue weighted by atomic mass is 10.1. The van der Waals surface area contributed by atoms with Gasteiger partial charge in [-0.1, -0.05) is 0 Å². The highest BCUT2D eigenvalue weighted by molar-refractivity contribution is 5.85. The van der Waals surface area contributed by atoms with Crippen molar-refractivity contribution >= 4 is 12.3 Å². The Hall–Kier alpha value is -2.04. The van der Waals surface area contributed by atoms with E-state index >= 15 is 0 Å². The van der Waals surface area contributed by atoms with Crippen molar-refractivity contribution in [2.75, 3.05) is 14.2 Å². The van der Waals surface area contributed by atoms with Crippen LogP contribution in [0, 0.1) is 6.92 Å². The van der Waals surface area contributed by atoms with Crippen LogP contribution in [0.4, 0.5) is 0 Å². The summed E-state index contributed by atoms with van der Waals surface area (Å²) in [5.74, 6) is 0.422. The Morgan fingerprint density at radius 1 is 1.24 bits per heavy atom. The number of carbonyl (C=O) groups excluding carboxylic acids is 2. The second-order valence-electron chi connectivity index (χ2n) is 3.37. The third-order valence-corrected chi connectivity index (χ3v) is 2.26. The maximum atomic E-state index is 11.0. The van der Waals surface area contributed by atoms with Crippen LogP contribution in [-0.4, -0.2) is 26.5 Å². The molecule has 5 nitrogen and oxygen atoms in total. The summed E-state index contributed by atoms with van der Waals surface area (Å²) in [4.78, 5) is 21.9. The number of rotatable bonds is 4. The number of aldehydes is 1. The van der Waals surface area contributed by atoms with Crippen LogP contribution in [0.25, 0.3) is 0 Å². The van der Waals surface area contributed by atoms with E-state index in [1.165, 1.54) is 27.2 Å². The zero-order valence-electron chi connectivity index (χ0n) is 10.2. The Labute approximate surface area is 99.3 Å². The molecule has 0 saturated carbocycles. The molecule has 0 aliphatic carbocycles. The molecule has 1 aromatic carbocycles. The summed E-state index contributed by atoms with van der Waals surface area (Å²) in [5, 5.41) is 0. The van der Waals surface area contributed by atoms with Gasteiger partial charge in [0.1, 0.15) is 5.75 Å². The number of hydrogen-bond donors (Lipinski definition) is 0. The molecule has 0 fully saturated rings. The van der Waals surface area contributed by atoms with E-state index < -0.39 is 5.97 Å². The molecule has 0 aliphatic rings. The number of esters is 1. The van der Waals surface area contributed by atoms with E-state index in [9.17, 15) is 9.59 Å². The maximum Gasteiger partial charge on any atom is 0.308 e. The van der Waals surface area contributed by atoms with Gasteiger partial charge in [0.25, 0.3) is 0 Å². The lowest BCUT2D eigenvalue weighted by Crippen LogP contribution is -2.07. The predicted octanol–water partition coefficient (Wildman–Crippen LogP) is 1.75. The minimum atomic E-state index is -0.518. The fourth-order valence-corrected chi connectivity index (χ4v) is 1.52. The van der Waals surface area contributed by atoms with Crippen molar-refractivity contribution in [3.8, 4) is 17.2 Å². The summed E-state index contributed by atoms with van der Waals surface area (Å²) in [6.07, 6.45) is 0.586. The van der Waals surface area contributed by atoms with Crippen LogP contribution in [0.1, 0.15) is 22.8 Å². The van der Waals surface area contributed by atoms with Crippen LogP contribution in [0.2, 0.25) is 0 Å². The van der Waals surface area contributed by atoms with Gasteiger partial charge >= 0.3 is 5.97 Å². The van der Waals surface area contributed by atoms with Crippen molar-refractivity contribution in [2.24, 2.45) is 0 Å². The number of methoxy groups -OCH3 is 2. The summed E-state index contributed by atoms with van der Waals surface area (Å²) in [7, 11) is 2.92.